The topological polar surface area (TPSA) is 104 Å². The third kappa shape index (κ3) is 6.15. The van der Waals surface area contributed by atoms with E-state index in [-0.39, 0.29) is 12.5 Å². The Labute approximate surface area is 118 Å². The summed E-state index contributed by atoms with van der Waals surface area (Å²) in [6, 6.07) is -1.38. The normalized spacial score (nSPS) is 12.8. The van der Waals surface area contributed by atoms with Crippen LogP contribution in [0.2, 0.25) is 0 Å². The predicted molar refractivity (Wildman–Crippen MR) is 78.0 cm³/mol. The number of carbonyl (C=O) groups excluding carboxylic acids is 2. The molecule has 0 rings (SSSR count). The first-order valence-corrected chi connectivity index (χ1v) is 7.81. The molecule has 5 N–H and O–H groups in total. The molecule has 0 aromatic rings. The second kappa shape index (κ2) is 9.03. The van der Waals surface area contributed by atoms with E-state index >= 15 is 0 Å². The Morgan fingerprint density at radius 2 is 1.95 bits per heavy atom. The van der Waals surface area contributed by atoms with Gasteiger partial charge < -0.3 is 21.5 Å². The maximum Gasteiger partial charge on any atom is 0.312 e. The number of primary amides is 1. The van der Waals surface area contributed by atoms with Crippen molar-refractivity contribution in [3.05, 3.63) is 0 Å². The van der Waals surface area contributed by atoms with Gasteiger partial charge in [0, 0.05) is 0 Å². The molecule has 112 valence electrons. The number of aliphatic hydroxyl groups is 1. The molecule has 1 atom stereocenters. The van der Waals surface area contributed by atoms with Gasteiger partial charge in [-0.15, -0.1) is 0 Å². The van der Waals surface area contributed by atoms with E-state index in [9.17, 15) is 14.7 Å². The second-order valence-electron chi connectivity index (χ2n) is 4.48. The lowest BCUT2D eigenvalue weighted by Crippen LogP contribution is -2.57. The van der Waals surface area contributed by atoms with Gasteiger partial charge in [-0.3, -0.25) is 4.79 Å². The highest BCUT2D eigenvalue weighted by atomic mass is 32.2. The fourth-order valence-corrected chi connectivity index (χ4v) is 2.19. The molecule has 0 aliphatic carbocycles. The average molecular weight is 291 g/mol. The van der Waals surface area contributed by atoms with Crippen molar-refractivity contribution >= 4 is 23.7 Å². The zero-order valence-corrected chi connectivity index (χ0v) is 12.7. The van der Waals surface area contributed by atoms with Gasteiger partial charge in [0.2, 0.25) is 5.91 Å². The number of thioether (sulfide) groups is 1. The third-order valence-corrected chi connectivity index (χ3v) is 3.93. The Bertz CT molecular complexity index is 288. The highest BCUT2D eigenvalue weighted by molar-refractivity contribution is 7.98. The van der Waals surface area contributed by atoms with Crippen molar-refractivity contribution < 1.29 is 14.7 Å². The number of urea groups is 1. The standard InChI is InChI=1S/C12H25N3O3S/c1-4-12(5-2,8-16)15-10(17)9(6-7-19-3)14-11(13)18/h9,16H,4-8H2,1-3H3,(H,15,17)(H3,13,14,18). The lowest BCUT2D eigenvalue weighted by molar-refractivity contribution is -0.125. The van der Waals surface area contributed by atoms with Gasteiger partial charge in [-0.25, -0.2) is 4.79 Å². The van der Waals surface area contributed by atoms with Crippen molar-refractivity contribution in [2.75, 3.05) is 18.6 Å². The Morgan fingerprint density at radius 1 is 1.37 bits per heavy atom. The zero-order chi connectivity index (χ0) is 14.9. The third-order valence-electron chi connectivity index (χ3n) is 3.29. The van der Waals surface area contributed by atoms with Gasteiger partial charge in [-0.1, -0.05) is 13.8 Å². The van der Waals surface area contributed by atoms with Crippen LogP contribution in [-0.4, -0.2) is 47.2 Å². The SMILES string of the molecule is CCC(CC)(CO)NC(=O)C(CCSC)NC(N)=O. The van der Waals surface area contributed by atoms with Crippen LogP contribution in [0.3, 0.4) is 0 Å². The summed E-state index contributed by atoms with van der Waals surface area (Å²) in [6.07, 6.45) is 3.68. The van der Waals surface area contributed by atoms with Gasteiger partial charge in [0.05, 0.1) is 12.1 Å². The molecule has 0 bridgehead atoms. The van der Waals surface area contributed by atoms with Crippen molar-refractivity contribution in [3.63, 3.8) is 0 Å². The van der Waals surface area contributed by atoms with E-state index in [0.717, 1.165) is 5.75 Å². The second-order valence-corrected chi connectivity index (χ2v) is 5.46. The maximum atomic E-state index is 12.2. The number of nitrogens with two attached hydrogens (primary N) is 1. The molecule has 0 aromatic carbocycles. The molecular formula is C12H25N3O3S. The number of hydrogen-bond donors (Lipinski definition) is 4. The molecule has 0 spiro atoms. The van der Waals surface area contributed by atoms with Crippen molar-refractivity contribution in [3.8, 4) is 0 Å². The van der Waals surface area contributed by atoms with Crippen LogP contribution in [0.1, 0.15) is 33.1 Å². The van der Waals surface area contributed by atoms with Gasteiger partial charge >= 0.3 is 6.03 Å². The van der Waals surface area contributed by atoms with E-state index in [0.29, 0.717) is 19.3 Å². The average Bonchev–Trinajstić information content (AvgIpc) is 2.40. The summed E-state index contributed by atoms with van der Waals surface area (Å²) in [5, 5.41) is 14.7. The number of nitrogens with one attached hydrogen (secondary N) is 2. The summed E-state index contributed by atoms with van der Waals surface area (Å²) in [7, 11) is 0. The van der Waals surface area contributed by atoms with Crippen LogP contribution < -0.4 is 16.4 Å². The minimum atomic E-state index is -0.719. The number of amides is 3. The monoisotopic (exact) mass is 291 g/mol. The molecule has 0 aliphatic rings. The minimum Gasteiger partial charge on any atom is -0.394 e. The molecule has 0 aliphatic heterocycles. The number of carbonyl (C=O) groups is 2. The lowest BCUT2D eigenvalue weighted by Gasteiger charge is -2.32. The van der Waals surface area contributed by atoms with Gasteiger partial charge in [-0.05, 0) is 31.3 Å². The lowest BCUT2D eigenvalue weighted by atomic mass is 9.93. The Balaban J connectivity index is 4.73. The van der Waals surface area contributed by atoms with Gasteiger partial charge in [0.15, 0.2) is 0 Å². The van der Waals surface area contributed by atoms with Crippen molar-refractivity contribution in [1.82, 2.24) is 10.6 Å². The van der Waals surface area contributed by atoms with E-state index in [1.54, 1.807) is 11.8 Å². The predicted octanol–water partition coefficient (Wildman–Crippen LogP) is 0.444. The largest absolute Gasteiger partial charge is 0.394 e. The Hall–Kier alpha value is -0.950. The molecule has 0 heterocycles. The molecule has 0 saturated heterocycles. The van der Waals surface area contributed by atoms with Crippen LogP contribution in [0.15, 0.2) is 0 Å². The highest BCUT2D eigenvalue weighted by Crippen LogP contribution is 2.15. The van der Waals surface area contributed by atoms with Crippen LogP contribution in [0, 0.1) is 0 Å². The van der Waals surface area contributed by atoms with Crippen LogP contribution in [0.5, 0.6) is 0 Å². The van der Waals surface area contributed by atoms with E-state index in [1.165, 1.54) is 0 Å². The molecule has 6 nitrogen and oxygen atoms in total. The fourth-order valence-electron chi connectivity index (χ4n) is 1.71. The molecule has 3 amide bonds. The van der Waals surface area contributed by atoms with E-state index in [2.05, 4.69) is 10.6 Å². The zero-order valence-electron chi connectivity index (χ0n) is 11.9. The minimum absolute atomic E-state index is 0.127. The number of hydrogen-bond acceptors (Lipinski definition) is 4. The molecule has 0 aromatic heterocycles. The van der Waals surface area contributed by atoms with Gasteiger partial charge in [0.25, 0.3) is 0 Å². The van der Waals surface area contributed by atoms with Crippen LogP contribution in [0.4, 0.5) is 4.79 Å². The van der Waals surface area contributed by atoms with Crippen LogP contribution in [-0.2, 0) is 4.79 Å². The van der Waals surface area contributed by atoms with E-state index in [1.807, 2.05) is 20.1 Å². The number of aliphatic hydroxyl groups excluding tert-OH is 1. The first kappa shape index (κ1) is 18.0. The quantitative estimate of drug-likeness (QED) is 0.495. The number of rotatable bonds is 9. The van der Waals surface area contributed by atoms with Crippen LogP contribution >= 0.6 is 11.8 Å². The molecule has 0 fully saturated rings. The summed E-state index contributed by atoms with van der Waals surface area (Å²) in [5.74, 6) is 0.438. The summed E-state index contributed by atoms with van der Waals surface area (Å²) in [4.78, 5) is 23.1. The molecule has 0 saturated carbocycles. The Morgan fingerprint density at radius 3 is 2.32 bits per heavy atom. The summed E-state index contributed by atoms with van der Waals surface area (Å²) < 4.78 is 0. The molecule has 0 radical (unpaired) electrons. The van der Waals surface area contributed by atoms with Crippen molar-refractivity contribution in [2.45, 2.75) is 44.7 Å². The van der Waals surface area contributed by atoms with E-state index < -0.39 is 17.6 Å². The van der Waals surface area contributed by atoms with Gasteiger partial charge in [0.1, 0.15) is 6.04 Å². The van der Waals surface area contributed by atoms with Crippen LogP contribution in [0.25, 0.3) is 0 Å². The maximum absolute atomic E-state index is 12.2. The Kier molecular flexibility index (Phi) is 8.58. The highest BCUT2D eigenvalue weighted by Gasteiger charge is 2.30. The summed E-state index contributed by atoms with van der Waals surface area (Å²) in [6.45, 7) is 3.67. The first-order valence-electron chi connectivity index (χ1n) is 6.42. The van der Waals surface area contributed by atoms with Crippen molar-refractivity contribution in [1.29, 1.82) is 0 Å². The summed E-state index contributed by atoms with van der Waals surface area (Å²) >= 11 is 1.59. The van der Waals surface area contributed by atoms with E-state index in [4.69, 9.17) is 5.73 Å². The fraction of sp³-hybridized carbons (Fsp3) is 0.833. The molecule has 1 unspecified atom stereocenters. The molecule has 19 heavy (non-hydrogen) atoms. The molecular weight excluding hydrogens is 266 g/mol. The smallest absolute Gasteiger partial charge is 0.312 e. The van der Waals surface area contributed by atoms with Gasteiger partial charge in [-0.2, -0.15) is 11.8 Å². The first-order chi connectivity index (χ1) is 8.94. The van der Waals surface area contributed by atoms with Crippen molar-refractivity contribution in [2.24, 2.45) is 5.73 Å². The molecule has 7 heteroatoms. The summed E-state index contributed by atoms with van der Waals surface area (Å²) in [5.41, 5.74) is 4.45.